The maximum Gasteiger partial charge on any atom is 0.246 e. The normalized spacial score (nSPS) is 13.6. The highest BCUT2D eigenvalue weighted by Crippen LogP contribution is 2.43. The summed E-state index contributed by atoms with van der Waals surface area (Å²) in [5.74, 6) is 0.465. The Kier molecular flexibility index (Phi) is 5.13. The number of benzene rings is 2. The second kappa shape index (κ2) is 8.34. The van der Waals surface area contributed by atoms with Crippen LogP contribution in [0.5, 0.6) is 0 Å². The van der Waals surface area contributed by atoms with Gasteiger partial charge < -0.3 is 5.32 Å². The van der Waals surface area contributed by atoms with Gasteiger partial charge in [0.05, 0.1) is 29.3 Å². The van der Waals surface area contributed by atoms with Crippen LogP contribution in [0.4, 0.5) is 5.69 Å². The minimum atomic E-state index is -0.135. The first-order valence-electron chi connectivity index (χ1n) is 12.1. The number of pyridine rings is 1. The fraction of sp³-hybridized carbons (Fsp3) is 0.286. The summed E-state index contributed by atoms with van der Waals surface area (Å²) < 4.78 is 3.68. The lowest BCUT2D eigenvalue weighted by Gasteiger charge is -2.10. The molecule has 1 aliphatic carbocycles. The van der Waals surface area contributed by atoms with Gasteiger partial charge in [0.15, 0.2) is 5.65 Å². The molecule has 6 rings (SSSR count). The van der Waals surface area contributed by atoms with Gasteiger partial charge in [-0.05, 0) is 67.5 Å². The quantitative estimate of drug-likeness (QED) is 0.371. The molecule has 1 fully saturated rings. The van der Waals surface area contributed by atoms with Gasteiger partial charge in [-0.1, -0.05) is 42.5 Å². The first-order valence-corrected chi connectivity index (χ1v) is 12.1. The van der Waals surface area contributed by atoms with Crippen molar-refractivity contribution in [1.29, 1.82) is 0 Å². The van der Waals surface area contributed by atoms with Crippen LogP contribution in [0.25, 0.3) is 21.8 Å². The Bertz CT molecular complexity index is 1590. The zero-order chi connectivity index (χ0) is 24.1. The Morgan fingerprint density at radius 3 is 2.57 bits per heavy atom. The Labute approximate surface area is 203 Å². The number of aromatic nitrogens is 5. The first-order chi connectivity index (χ1) is 17.0. The summed E-state index contributed by atoms with van der Waals surface area (Å²) in [5.41, 5.74) is 6.70. The van der Waals surface area contributed by atoms with Crippen LogP contribution in [0.3, 0.4) is 0 Å². The molecule has 0 radical (unpaired) electrons. The molecular formula is C28H28N6O. The van der Waals surface area contributed by atoms with E-state index in [9.17, 15) is 4.79 Å². The predicted molar refractivity (Wildman–Crippen MR) is 138 cm³/mol. The van der Waals surface area contributed by atoms with Gasteiger partial charge in [-0.2, -0.15) is 10.2 Å². The van der Waals surface area contributed by atoms with Crippen LogP contribution in [0.1, 0.15) is 47.0 Å². The van der Waals surface area contributed by atoms with E-state index in [4.69, 9.17) is 5.10 Å². The highest BCUT2D eigenvalue weighted by molar-refractivity contribution is 5.93. The highest BCUT2D eigenvalue weighted by atomic mass is 16.2. The smallest absolute Gasteiger partial charge is 0.246 e. The molecule has 0 unspecified atom stereocenters. The molecule has 1 aliphatic rings. The largest absolute Gasteiger partial charge is 0.321 e. The topological polar surface area (TPSA) is 77.6 Å². The van der Waals surface area contributed by atoms with E-state index in [2.05, 4.69) is 63.9 Å². The Morgan fingerprint density at radius 1 is 0.971 bits per heavy atom. The van der Waals surface area contributed by atoms with Gasteiger partial charge in [-0.15, -0.1) is 0 Å². The van der Waals surface area contributed by atoms with E-state index in [1.807, 2.05) is 31.6 Å². The van der Waals surface area contributed by atoms with Crippen molar-refractivity contribution < 1.29 is 4.79 Å². The number of amides is 1. The van der Waals surface area contributed by atoms with Crippen molar-refractivity contribution >= 4 is 33.4 Å². The summed E-state index contributed by atoms with van der Waals surface area (Å²) in [6.45, 7) is 6.67. The zero-order valence-corrected chi connectivity index (χ0v) is 20.2. The maximum absolute atomic E-state index is 13.1. The number of aryl methyl sites for hydroxylation is 2. The fourth-order valence-corrected chi connectivity index (χ4v) is 5.09. The van der Waals surface area contributed by atoms with E-state index in [-0.39, 0.29) is 12.5 Å². The Balaban J connectivity index is 1.24. The van der Waals surface area contributed by atoms with E-state index in [0.29, 0.717) is 12.5 Å². The third-order valence-corrected chi connectivity index (χ3v) is 7.00. The molecular weight excluding hydrogens is 436 g/mol. The molecule has 1 amide bonds. The third kappa shape index (κ3) is 3.87. The average Bonchev–Trinajstić information content (AvgIpc) is 3.61. The van der Waals surface area contributed by atoms with Gasteiger partial charge in [0.25, 0.3) is 0 Å². The van der Waals surface area contributed by atoms with Crippen LogP contribution in [0.15, 0.2) is 54.7 Å². The van der Waals surface area contributed by atoms with Crippen molar-refractivity contribution in [3.63, 3.8) is 0 Å². The summed E-state index contributed by atoms with van der Waals surface area (Å²) in [7, 11) is 0. The van der Waals surface area contributed by atoms with E-state index in [1.54, 1.807) is 4.68 Å². The summed E-state index contributed by atoms with van der Waals surface area (Å²) in [4.78, 5) is 17.6. The van der Waals surface area contributed by atoms with E-state index in [0.717, 1.165) is 33.8 Å². The molecule has 0 saturated heterocycles. The van der Waals surface area contributed by atoms with Crippen molar-refractivity contribution in [3.8, 4) is 0 Å². The molecule has 0 bridgehead atoms. The molecule has 3 heterocycles. The number of nitrogens with one attached hydrogen (secondary N) is 1. The van der Waals surface area contributed by atoms with Gasteiger partial charge in [0.1, 0.15) is 6.54 Å². The SMILES string of the molecule is Cc1nn(Cc2cccc3ccccc23)c(C)c1NC(=O)Cn1nc(C)c2c(C3CC3)ccnc21. The number of nitrogens with zero attached hydrogens (tertiary/aromatic N) is 5. The van der Waals surface area contributed by atoms with E-state index >= 15 is 0 Å². The lowest BCUT2D eigenvalue weighted by molar-refractivity contribution is -0.116. The summed E-state index contributed by atoms with van der Waals surface area (Å²) in [6.07, 6.45) is 4.26. The molecule has 2 aromatic carbocycles. The number of hydrogen-bond acceptors (Lipinski definition) is 4. The molecule has 0 atom stereocenters. The molecule has 0 spiro atoms. The van der Waals surface area contributed by atoms with Crippen LogP contribution in [-0.2, 0) is 17.9 Å². The molecule has 7 nitrogen and oxygen atoms in total. The van der Waals surface area contributed by atoms with Crippen molar-refractivity contribution in [2.75, 3.05) is 5.32 Å². The summed E-state index contributed by atoms with van der Waals surface area (Å²) in [6, 6.07) is 16.8. The minimum Gasteiger partial charge on any atom is -0.321 e. The van der Waals surface area contributed by atoms with Gasteiger partial charge in [-0.3, -0.25) is 9.48 Å². The number of hydrogen-bond donors (Lipinski definition) is 1. The highest BCUT2D eigenvalue weighted by Gasteiger charge is 2.28. The van der Waals surface area contributed by atoms with E-state index < -0.39 is 0 Å². The van der Waals surface area contributed by atoms with Crippen LogP contribution in [0, 0.1) is 20.8 Å². The molecule has 0 aliphatic heterocycles. The van der Waals surface area contributed by atoms with Gasteiger partial charge in [0.2, 0.25) is 5.91 Å². The number of fused-ring (bicyclic) bond motifs is 2. The fourth-order valence-electron chi connectivity index (χ4n) is 5.09. The molecule has 5 aromatic rings. The van der Waals surface area contributed by atoms with E-state index in [1.165, 1.54) is 34.7 Å². The number of rotatable bonds is 6. The van der Waals surface area contributed by atoms with Crippen molar-refractivity contribution in [2.45, 2.75) is 52.6 Å². The monoisotopic (exact) mass is 464 g/mol. The predicted octanol–water partition coefficient (Wildman–Crippen LogP) is 5.27. The first kappa shape index (κ1) is 21.5. The number of carbonyl (C=O) groups is 1. The number of carbonyl (C=O) groups excluding carboxylic acids is 1. The second-order valence-electron chi connectivity index (χ2n) is 9.51. The zero-order valence-electron chi connectivity index (χ0n) is 20.2. The molecule has 1 saturated carbocycles. The summed E-state index contributed by atoms with van der Waals surface area (Å²) >= 11 is 0. The lowest BCUT2D eigenvalue weighted by atomic mass is 10.0. The van der Waals surface area contributed by atoms with Crippen LogP contribution in [-0.4, -0.2) is 30.5 Å². The maximum atomic E-state index is 13.1. The van der Waals surface area contributed by atoms with Crippen LogP contribution in [0.2, 0.25) is 0 Å². The van der Waals surface area contributed by atoms with Gasteiger partial charge in [-0.25, -0.2) is 9.67 Å². The van der Waals surface area contributed by atoms with Crippen LogP contribution >= 0.6 is 0 Å². The van der Waals surface area contributed by atoms with Crippen molar-refractivity contribution in [3.05, 3.63) is 82.9 Å². The van der Waals surface area contributed by atoms with Gasteiger partial charge in [0, 0.05) is 11.6 Å². The molecule has 1 N–H and O–H groups in total. The Morgan fingerprint density at radius 2 is 1.74 bits per heavy atom. The van der Waals surface area contributed by atoms with Crippen LogP contribution < -0.4 is 5.32 Å². The molecule has 176 valence electrons. The molecule has 3 aromatic heterocycles. The Hall–Kier alpha value is -4.00. The number of anilines is 1. The van der Waals surface area contributed by atoms with Crippen molar-refractivity contribution in [2.24, 2.45) is 0 Å². The third-order valence-electron chi connectivity index (χ3n) is 7.00. The molecule has 7 heteroatoms. The standard InChI is InChI=1S/C28H28N6O/c1-17-26-24(21-11-12-21)13-14-29-28(26)34(31-17)16-25(35)30-27-18(2)32-33(19(27)3)15-22-9-6-8-20-7-4-5-10-23(20)22/h4-10,13-14,21H,11-12,15-16H2,1-3H3,(H,30,35). The average molecular weight is 465 g/mol. The minimum absolute atomic E-state index is 0.110. The second-order valence-corrected chi connectivity index (χ2v) is 9.51. The van der Waals surface area contributed by atoms with Gasteiger partial charge >= 0.3 is 0 Å². The summed E-state index contributed by atoms with van der Waals surface area (Å²) in [5, 5.41) is 16.0. The lowest BCUT2D eigenvalue weighted by Crippen LogP contribution is -2.20. The molecule has 35 heavy (non-hydrogen) atoms. The van der Waals surface area contributed by atoms with Crippen molar-refractivity contribution in [1.82, 2.24) is 24.5 Å².